The van der Waals surface area contributed by atoms with Crippen LogP contribution in [-0.2, 0) is 9.47 Å². The van der Waals surface area contributed by atoms with E-state index in [0.29, 0.717) is 19.8 Å². The van der Waals surface area contributed by atoms with E-state index < -0.39 is 0 Å². The Morgan fingerprint density at radius 2 is 2.06 bits per heavy atom. The molecule has 1 N–H and O–H groups in total. The van der Waals surface area contributed by atoms with E-state index in [2.05, 4.69) is 11.4 Å². The maximum Gasteiger partial charge on any atom is 0.124 e. The van der Waals surface area contributed by atoms with Gasteiger partial charge in [0, 0.05) is 5.56 Å². The SMILES string of the molecule is CNC1c2ccccc2OCC1OC1COC1. The van der Waals surface area contributed by atoms with E-state index >= 15 is 0 Å². The third-order valence-electron chi connectivity index (χ3n) is 3.31. The van der Waals surface area contributed by atoms with Crippen molar-refractivity contribution in [2.24, 2.45) is 0 Å². The van der Waals surface area contributed by atoms with Gasteiger partial charge in [0.25, 0.3) is 0 Å². The molecule has 0 bridgehead atoms. The molecule has 1 fully saturated rings. The first-order valence-electron chi connectivity index (χ1n) is 6.00. The molecular weight excluding hydrogens is 218 g/mol. The second kappa shape index (κ2) is 4.64. The van der Waals surface area contributed by atoms with Gasteiger partial charge in [-0.1, -0.05) is 18.2 Å². The molecule has 2 heterocycles. The summed E-state index contributed by atoms with van der Waals surface area (Å²) in [6.07, 6.45) is 0.286. The monoisotopic (exact) mass is 235 g/mol. The fourth-order valence-electron chi connectivity index (χ4n) is 2.34. The fraction of sp³-hybridized carbons (Fsp3) is 0.538. The lowest BCUT2D eigenvalue weighted by molar-refractivity contribution is -0.169. The van der Waals surface area contributed by atoms with Gasteiger partial charge in [0.1, 0.15) is 24.6 Å². The van der Waals surface area contributed by atoms with Crippen molar-refractivity contribution in [2.75, 3.05) is 26.9 Å². The Bertz CT molecular complexity index is 392. The first-order valence-corrected chi connectivity index (χ1v) is 6.00. The Balaban J connectivity index is 1.78. The standard InChI is InChI=1S/C13H17NO3/c1-14-13-10-4-2-3-5-11(10)16-8-12(13)17-9-6-15-7-9/h2-5,9,12-14H,6-8H2,1H3. The van der Waals surface area contributed by atoms with E-state index in [4.69, 9.17) is 14.2 Å². The molecule has 0 aromatic heterocycles. The number of fused-ring (bicyclic) bond motifs is 1. The maximum absolute atomic E-state index is 5.98. The van der Waals surface area contributed by atoms with Crippen molar-refractivity contribution in [1.82, 2.24) is 5.32 Å². The average Bonchev–Trinajstić information content (AvgIpc) is 2.33. The molecule has 2 unspecified atom stereocenters. The smallest absolute Gasteiger partial charge is 0.124 e. The van der Waals surface area contributed by atoms with Gasteiger partial charge in [-0.15, -0.1) is 0 Å². The van der Waals surface area contributed by atoms with Crippen molar-refractivity contribution in [3.05, 3.63) is 29.8 Å². The fourth-order valence-corrected chi connectivity index (χ4v) is 2.34. The van der Waals surface area contributed by atoms with Crippen LogP contribution >= 0.6 is 0 Å². The number of benzene rings is 1. The van der Waals surface area contributed by atoms with Crippen LogP contribution in [0.1, 0.15) is 11.6 Å². The zero-order chi connectivity index (χ0) is 11.7. The van der Waals surface area contributed by atoms with Gasteiger partial charge < -0.3 is 19.5 Å². The summed E-state index contributed by atoms with van der Waals surface area (Å²) >= 11 is 0. The minimum Gasteiger partial charge on any atom is -0.490 e. The minimum absolute atomic E-state index is 0.0591. The molecule has 2 aliphatic rings. The highest BCUT2D eigenvalue weighted by molar-refractivity contribution is 5.38. The molecule has 1 aromatic carbocycles. The third kappa shape index (κ3) is 2.04. The Labute approximate surface area is 101 Å². The molecule has 2 aliphatic heterocycles. The van der Waals surface area contributed by atoms with Gasteiger partial charge >= 0.3 is 0 Å². The second-order valence-corrected chi connectivity index (χ2v) is 4.45. The number of para-hydroxylation sites is 1. The van der Waals surface area contributed by atoms with Crippen molar-refractivity contribution in [1.29, 1.82) is 0 Å². The van der Waals surface area contributed by atoms with E-state index in [1.165, 1.54) is 5.56 Å². The molecule has 0 spiro atoms. The molecule has 0 saturated carbocycles. The molecule has 92 valence electrons. The summed E-state index contributed by atoms with van der Waals surface area (Å²) in [5.41, 5.74) is 1.17. The van der Waals surface area contributed by atoms with Crippen LogP contribution in [0.2, 0.25) is 0 Å². The number of likely N-dealkylation sites (N-methyl/N-ethyl adjacent to an activating group) is 1. The summed E-state index contributed by atoms with van der Waals surface area (Å²) in [7, 11) is 1.96. The quantitative estimate of drug-likeness (QED) is 0.852. The van der Waals surface area contributed by atoms with Crippen LogP contribution in [0.15, 0.2) is 24.3 Å². The molecular formula is C13H17NO3. The molecule has 0 radical (unpaired) electrons. The van der Waals surface area contributed by atoms with Crippen molar-refractivity contribution in [2.45, 2.75) is 18.2 Å². The highest BCUT2D eigenvalue weighted by Crippen LogP contribution is 2.33. The number of hydrogen-bond donors (Lipinski definition) is 1. The Hall–Kier alpha value is -1.10. The van der Waals surface area contributed by atoms with Crippen LogP contribution in [0, 0.1) is 0 Å². The van der Waals surface area contributed by atoms with Gasteiger partial charge in [-0.05, 0) is 13.1 Å². The lowest BCUT2D eigenvalue weighted by atomic mass is 9.98. The highest BCUT2D eigenvalue weighted by Gasteiger charge is 2.34. The molecule has 17 heavy (non-hydrogen) atoms. The molecule has 3 rings (SSSR count). The van der Waals surface area contributed by atoms with Crippen LogP contribution in [0.4, 0.5) is 0 Å². The summed E-state index contributed by atoms with van der Waals surface area (Å²) < 4.78 is 16.8. The lowest BCUT2D eigenvalue weighted by Crippen LogP contribution is -2.46. The minimum atomic E-state index is 0.0591. The molecule has 0 amide bonds. The summed E-state index contributed by atoms with van der Waals surface area (Å²) in [5, 5.41) is 3.32. The number of hydrogen-bond acceptors (Lipinski definition) is 4. The maximum atomic E-state index is 5.98. The van der Waals surface area contributed by atoms with Crippen molar-refractivity contribution in [3.63, 3.8) is 0 Å². The second-order valence-electron chi connectivity index (χ2n) is 4.45. The van der Waals surface area contributed by atoms with Gasteiger partial charge in [-0.3, -0.25) is 0 Å². The molecule has 1 aromatic rings. The van der Waals surface area contributed by atoms with Crippen LogP contribution in [0.3, 0.4) is 0 Å². The predicted octanol–water partition coefficient (Wildman–Crippen LogP) is 1.12. The first kappa shape index (κ1) is 11.0. The zero-order valence-corrected chi connectivity index (χ0v) is 9.89. The lowest BCUT2D eigenvalue weighted by Gasteiger charge is -2.37. The number of ether oxygens (including phenoxy) is 3. The molecule has 0 aliphatic carbocycles. The van der Waals surface area contributed by atoms with Gasteiger partial charge in [-0.25, -0.2) is 0 Å². The van der Waals surface area contributed by atoms with Crippen LogP contribution in [-0.4, -0.2) is 39.1 Å². The molecule has 4 nitrogen and oxygen atoms in total. The van der Waals surface area contributed by atoms with E-state index in [1.54, 1.807) is 0 Å². The topological polar surface area (TPSA) is 39.7 Å². The number of rotatable bonds is 3. The summed E-state index contributed by atoms with van der Waals surface area (Å²) in [6.45, 7) is 2.00. The van der Waals surface area contributed by atoms with Gasteiger partial charge in [0.2, 0.25) is 0 Å². The van der Waals surface area contributed by atoms with E-state index in [0.717, 1.165) is 5.75 Å². The largest absolute Gasteiger partial charge is 0.490 e. The normalized spacial score (nSPS) is 28.1. The molecule has 4 heteroatoms. The third-order valence-corrected chi connectivity index (χ3v) is 3.31. The molecule has 2 atom stereocenters. The number of nitrogens with one attached hydrogen (secondary N) is 1. The average molecular weight is 235 g/mol. The van der Waals surface area contributed by atoms with Crippen molar-refractivity contribution < 1.29 is 14.2 Å². The van der Waals surface area contributed by atoms with Gasteiger partial charge in [-0.2, -0.15) is 0 Å². The first-order chi connectivity index (χ1) is 8.38. The Kier molecular flexibility index (Phi) is 3.01. The molecule has 1 saturated heterocycles. The summed E-state index contributed by atoms with van der Waals surface area (Å²) in [5.74, 6) is 0.955. The van der Waals surface area contributed by atoms with E-state index in [1.807, 2.05) is 25.2 Å². The van der Waals surface area contributed by atoms with Gasteiger partial charge in [0.15, 0.2) is 0 Å². The Morgan fingerprint density at radius 3 is 2.76 bits per heavy atom. The van der Waals surface area contributed by atoms with E-state index in [-0.39, 0.29) is 18.2 Å². The zero-order valence-electron chi connectivity index (χ0n) is 9.89. The Morgan fingerprint density at radius 1 is 1.24 bits per heavy atom. The van der Waals surface area contributed by atoms with Crippen molar-refractivity contribution >= 4 is 0 Å². The summed E-state index contributed by atoms with van der Waals surface area (Å²) in [6, 6.07) is 8.31. The van der Waals surface area contributed by atoms with Crippen LogP contribution < -0.4 is 10.1 Å². The highest BCUT2D eigenvalue weighted by atomic mass is 16.6. The van der Waals surface area contributed by atoms with Crippen LogP contribution in [0.25, 0.3) is 0 Å². The summed E-state index contributed by atoms with van der Waals surface area (Å²) in [4.78, 5) is 0. The van der Waals surface area contributed by atoms with E-state index in [9.17, 15) is 0 Å². The predicted molar refractivity (Wildman–Crippen MR) is 63.2 cm³/mol. The van der Waals surface area contributed by atoms with Gasteiger partial charge in [0.05, 0.1) is 19.3 Å². The van der Waals surface area contributed by atoms with Crippen molar-refractivity contribution in [3.8, 4) is 5.75 Å². The van der Waals surface area contributed by atoms with Crippen LogP contribution in [0.5, 0.6) is 5.75 Å².